The number of rotatable bonds is 4. The summed E-state index contributed by atoms with van der Waals surface area (Å²) in [6.07, 6.45) is 5.37. The van der Waals surface area contributed by atoms with Gasteiger partial charge in [0.2, 0.25) is 0 Å². The third-order valence-electron chi connectivity index (χ3n) is 3.88. The molecule has 1 fully saturated rings. The number of hydrogen-bond acceptors (Lipinski definition) is 3. The van der Waals surface area contributed by atoms with Crippen LogP contribution in [0.4, 0.5) is 0 Å². The number of nitrogens with one attached hydrogen (secondary N) is 1. The molecule has 1 aliphatic carbocycles. The van der Waals surface area contributed by atoms with Crippen molar-refractivity contribution in [1.29, 1.82) is 0 Å². The Kier molecular flexibility index (Phi) is 2.59. The highest BCUT2D eigenvalue weighted by Crippen LogP contribution is 2.38. The van der Waals surface area contributed by atoms with Gasteiger partial charge in [0.15, 0.2) is 0 Å². The Morgan fingerprint density at radius 1 is 1.16 bits per heavy atom. The van der Waals surface area contributed by atoms with Crippen molar-refractivity contribution in [2.45, 2.75) is 31.8 Å². The standard InChI is InChI=1S/C16H17NO2/c1-2-11-6-8-19-16(11)14(3-1)13-7-9-18-15(13)10-17-12-4-5-12/h1-3,7,9,12,17H,4-6,8,10H2. The second-order valence-electron chi connectivity index (χ2n) is 5.30. The molecule has 1 saturated carbocycles. The van der Waals surface area contributed by atoms with Gasteiger partial charge in [-0.15, -0.1) is 0 Å². The highest BCUT2D eigenvalue weighted by Gasteiger charge is 2.23. The zero-order chi connectivity index (χ0) is 12.7. The third kappa shape index (κ3) is 2.04. The fourth-order valence-corrected chi connectivity index (χ4v) is 2.67. The van der Waals surface area contributed by atoms with Crippen molar-refractivity contribution in [3.8, 4) is 16.9 Å². The van der Waals surface area contributed by atoms with Crippen molar-refractivity contribution >= 4 is 0 Å². The van der Waals surface area contributed by atoms with Gasteiger partial charge in [0.25, 0.3) is 0 Å². The Morgan fingerprint density at radius 3 is 3.00 bits per heavy atom. The number of furan rings is 1. The van der Waals surface area contributed by atoms with Crippen molar-refractivity contribution < 1.29 is 9.15 Å². The first-order chi connectivity index (χ1) is 9.42. The van der Waals surface area contributed by atoms with Crippen molar-refractivity contribution in [3.05, 3.63) is 41.9 Å². The molecule has 3 nitrogen and oxygen atoms in total. The normalized spacial score (nSPS) is 17.3. The first-order valence-corrected chi connectivity index (χ1v) is 6.96. The summed E-state index contributed by atoms with van der Waals surface area (Å²) in [6.45, 7) is 1.59. The summed E-state index contributed by atoms with van der Waals surface area (Å²) in [5.41, 5.74) is 3.63. The quantitative estimate of drug-likeness (QED) is 0.911. The third-order valence-corrected chi connectivity index (χ3v) is 3.88. The van der Waals surface area contributed by atoms with Crippen LogP contribution in [-0.2, 0) is 13.0 Å². The van der Waals surface area contributed by atoms with Crippen LogP contribution in [0, 0.1) is 0 Å². The van der Waals surface area contributed by atoms with Gasteiger partial charge in [0.05, 0.1) is 19.4 Å². The maximum Gasteiger partial charge on any atom is 0.130 e. The first kappa shape index (κ1) is 11.1. The van der Waals surface area contributed by atoms with Gasteiger partial charge in [0, 0.05) is 23.6 Å². The zero-order valence-corrected chi connectivity index (χ0v) is 10.8. The van der Waals surface area contributed by atoms with Crippen LogP contribution in [0.5, 0.6) is 5.75 Å². The molecule has 0 spiro atoms. The number of para-hydroxylation sites is 1. The van der Waals surface area contributed by atoms with Crippen LogP contribution >= 0.6 is 0 Å². The molecule has 2 aliphatic rings. The van der Waals surface area contributed by atoms with Crippen molar-refractivity contribution in [3.63, 3.8) is 0 Å². The summed E-state index contributed by atoms with van der Waals surface area (Å²) < 4.78 is 11.4. The smallest absolute Gasteiger partial charge is 0.130 e. The van der Waals surface area contributed by atoms with Crippen LogP contribution in [0.2, 0.25) is 0 Å². The fourth-order valence-electron chi connectivity index (χ4n) is 2.67. The van der Waals surface area contributed by atoms with E-state index < -0.39 is 0 Å². The minimum absolute atomic E-state index is 0.690. The maximum atomic E-state index is 5.78. The van der Waals surface area contributed by atoms with Gasteiger partial charge in [-0.2, -0.15) is 0 Å². The second-order valence-corrected chi connectivity index (χ2v) is 5.30. The van der Waals surface area contributed by atoms with Crippen LogP contribution < -0.4 is 10.1 Å². The molecule has 0 bridgehead atoms. The molecular weight excluding hydrogens is 238 g/mol. The number of fused-ring (bicyclic) bond motifs is 1. The first-order valence-electron chi connectivity index (χ1n) is 6.96. The summed E-state index contributed by atoms with van der Waals surface area (Å²) >= 11 is 0. The molecule has 2 heterocycles. The van der Waals surface area contributed by atoms with E-state index in [9.17, 15) is 0 Å². The Bertz CT molecular complexity index is 599. The second kappa shape index (κ2) is 4.42. The molecule has 19 heavy (non-hydrogen) atoms. The largest absolute Gasteiger partial charge is 0.492 e. The Hall–Kier alpha value is -1.74. The molecule has 0 amide bonds. The maximum absolute atomic E-state index is 5.78. The topological polar surface area (TPSA) is 34.4 Å². The van der Waals surface area contributed by atoms with Crippen molar-refractivity contribution in [2.75, 3.05) is 6.61 Å². The van der Waals surface area contributed by atoms with E-state index in [1.807, 2.05) is 6.07 Å². The van der Waals surface area contributed by atoms with Crippen LogP contribution in [0.25, 0.3) is 11.1 Å². The molecule has 0 unspecified atom stereocenters. The molecule has 0 atom stereocenters. The molecule has 3 heteroatoms. The van der Waals surface area contributed by atoms with Crippen LogP contribution in [0.1, 0.15) is 24.2 Å². The van der Waals surface area contributed by atoms with E-state index in [0.717, 1.165) is 42.2 Å². The SMILES string of the molecule is c1cc2c(c(-c3ccoc3CNC3CC3)c1)OCC2. The molecular formula is C16H17NO2. The fraction of sp³-hybridized carbons (Fsp3) is 0.375. The van der Waals surface area contributed by atoms with Gasteiger partial charge >= 0.3 is 0 Å². The summed E-state index contributed by atoms with van der Waals surface area (Å²) in [7, 11) is 0. The van der Waals surface area contributed by atoms with E-state index in [0.29, 0.717) is 6.04 Å². The molecule has 1 aromatic carbocycles. The van der Waals surface area contributed by atoms with E-state index in [1.54, 1.807) is 6.26 Å². The lowest BCUT2D eigenvalue weighted by molar-refractivity contribution is 0.358. The average Bonchev–Trinajstić information content (AvgIpc) is 2.96. The summed E-state index contributed by atoms with van der Waals surface area (Å²) in [4.78, 5) is 0. The molecule has 1 N–H and O–H groups in total. The van der Waals surface area contributed by atoms with Crippen molar-refractivity contribution in [1.82, 2.24) is 5.32 Å². The van der Waals surface area contributed by atoms with E-state index in [4.69, 9.17) is 9.15 Å². The molecule has 1 aliphatic heterocycles. The van der Waals surface area contributed by atoms with Gasteiger partial charge in [0.1, 0.15) is 11.5 Å². The van der Waals surface area contributed by atoms with Gasteiger partial charge in [-0.05, 0) is 24.5 Å². The summed E-state index contributed by atoms with van der Waals surface area (Å²) in [6, 6.07) is 9.11. The lowest BCUT2D eigenvalue weighted by Gasteiger charge is -2.08. The average molecular weight is 255 g/mol. The van der Waals surface area contributed by atoms with Gasteiger partial charge < -0.3 is 14.5 Å². The number of hydrogen-bond donors (Lipinski definition) is 1. The van der Waals surface area contributed by atoms with Crippen molar-refractivity contribution in [2.24, 2.45) is 0 Å². The monoisotopic (exact) mass is 255 g/mol. The molecule has 4 rings (SSSR count). The Labute approximate surface area is 112 Å². The predicted octanol–water partition coefficient (Wildman–Crippen LogP) is 3.13. The molecule has 0 radical (unpaired) electrons. The lowest BCUT2D eigenvalue weighted by atomic mass is 10.0. The van der Waals surface area contributed by atoms with Crippen LogP contribution in [0.15, 0.2) is 34.9 Å². The van der Waals surface area contributed by atoms with Gasteiger partial charge in [-0.1, -0.05) is 18.2 Å². The molecule has 1 aromatic heterocycles. The van der Waals surface area contributed by atoms with E-state index in [-0.39, 0.29) is 0 Å². The minimum Gasteiger partial charge on any atom is -0.492 e. The number of benzene rings is 1. The highest BCUT2D eigenvalue weighted by molar-refractivity contribution is 5.74. The zero-order valence-electron chi connectivity index (χ0n) is 10.8. The predicted molar refractivity (Wildman–Crippen MR) is 73.2 cm³/mol. The van der Waals surface area contributed by atoms with Crippen LogP contribution in [0.3, 0.4) is 0 Å². The van der Waals surface area contributed by atoms with Gasteiger partial charge in [-0.25, -0.2) is 0 Å². The summed E-state index contributed by atoms with van der Waals surface area (Å²) in [5, 5.41) is 3.50. The Balaban J connectivity index is 1.68. The molecule has 98 valence electrons. The Morgan fingerprint density at radius 2 is 2.11 bits per heavy atom. The lowest BCUT2D eigenvalue weighted by Crippen LogP contribution is -2.15. The van der Waals surface area contributed by atoms with E-state index >= 15 is 0 Å². The highest BCUT2D eigenvalue weighted by atomic mass is 16.5. The molecule has 2 aromatic rings. The summed E-state index contributed by atoms with van der Waals surface area (Å²) in [5.74, 6) is 2.05. The van der Waals surface area contributed by atoms with E-state index in [2.05, 4.69) is 23.5 Å². The minimum atomic E-state index is 0.690. The molecule has 0 saturated heterocycles. The van der Waals surface area contributed by atoms with Crippen LogP contribution in [-0.4, -0.2) is 12.6 Å². The van der Waals surface area contributed by atoms with E-state index in [1.165, 1.54) is 18.4 Å². The number of ether oxygens (including phenoxy) is 1. The van der Waals surface area contributed by atoms with Gasteiger partial charge in [-0.3, -0.25) is 0 Å².